The Morgan fingerprint density at radius 2 is 2.14 bits per heavy atom. The highest BCUT2D eigenvalue weighted by molar-refractivity contribution is 5.80. The number of rotatable bonds is 6. The third-order valence-electron chi connectivity index (χ3n) is 4.43. The second-order valence-electron chi connectivity index (χ2n) is 6.52. The van der Waals surface area contributed by atoms with Crippen LogP contribution in [-0.2, 0) is 6.54 Å². The summed E-state index contributed by atoms with van der Waals surface area (Å²) >= 11 is 0. The molecule has 0 aliphatic heterocycles. The SMILES string of the molecule is CCNC(=NCc1ccc(C#N)cc1F)NC(C)c1cccc(-n2cccn2)c1. The van der Waals surface area contributed by atoms with Gasteiger partial charge in [0.05, 0.1) is 29.9 Å². The van der Waals surface area contributed by atoms with Gasteiger partial charge < -0.3 is 10.6 Å². The molecule has 3 aromatic rings. The quantitative estimate of drug-likeness (QED) is 0.497. The summed E-state index contributed by atoms with van der Waals surface area (Å²) < 4.78 is 15.9. The van der Waals surface area contributed by atoms with Crippen LogP contribution < -0.4 is 10.6 Å². The second-order valence-corrected chi connectivity index (χ2v) is 6.52. The van der Waals surface area contributed by atoms with E-state index in [9.17, 15) is 4.39 Å². The van der Waals surface area contributed by atoms with Crippen molar-refractivity contribution in [3.05, 3.63) is 83.4 Å². The van der Waals surface area contributed by atoms with Crippen LogP contribution in [0.2, 0.25) is 0 Å². The molecule has 1 unspecified atom stereocenters. The molecule has 0 bridgehead atoms. The molecular formula is C22H23FN6. The minimum Gasteiger partial charge on any atom is -0.357 e. The van der Waals surface area contributed by atoms with Gasteiger partial charge in [0.1, 0.15) is 5.82 Å². The molecule has 0 aliphatic rings. The zero-order valence-corrected chi connectivity index (χ0v) is 16.4. The molecule has 0 radical (unpaired) electrons. The highest BCUT2D eigenvalue weighted by Gasteiger charge is 2.10. The zero-order chi connectivity index (χ0) is 20.6. The predicted octanol–water partition coefficient (Wildman–Crippen LogP) is 3.70. The summed E-state index contributed by atoms with van der Waals surface area (Å²) in [4.78, 5) is 4.49. The number of nitriles is 1. The van der Waals surface area contributed by atoms with Crippen LogP contribution in [0.1, 0.15) is 36.6 Å². The van der Waals surface area contributed by atoms with Gasteiger partial charge in [-0.15, -0.1) is 0 Å². The van der Waals surface area contributed by atoms with E-state index in [0.29, 0.717) is 23.6 Å². The Morgan fingerprint density at radius 1 is 1.28 bits per heavy atom. The Labute approximate surface area is 169 Å². The molecule has 3 rings (SSSR count). The second kappa shape index (κ2) is 9.51. The van der Waals surface area contributed by atoms with Crippen LogP contribution in [0.15, 0.2) is 65.9 Å². The van der Waals surface area contributed by atoms with E-state index in [0.717, 1.165) is 11.3 Å². The molecule has 148 valence electrons. The lowest BCUT2D eigenvalue weighted by atomic mass is 10.1. The number of guanidine groups is 1. The number of aliphatic imine (C=N–C) groups is 1. The monoisotopic (exact) mass is 390 g/mol. The molecule has 7 heteroatoms. The average Bonchev–Trinajstić information content (AvgIpc) is 3.28. The molecule has 2 N–H and O–H groups in total. The minimum atomic E-state index is -0.427. The molecule has 0 amide bonds. The predicted molar refractivity (Wildman–Crippen MR) is 111 cm³/mol. The molecule has 1 aromatic heterocycles. The Bertz CT molecular complexity index is 1020. The third-order valence-corrected chi connectivity index (χ3v) is 4.43. The Morgan fingerprint density at radius 3 is 2.83 bits per heavy atom. The summed E-state index contributed by atoms with van der Waals surface area (Å²) in [6.07, 6.45) is 3.64. The van der Waals surface area contributed by atoms with Crippen LogP contribution in [0.25, 0.3) is 5.69 Å². The first-order valence-corrected chi connectivity index (χ1v) is 9.44. The van der Waals surface area contributed by atoms with Crippen molar-refractivity contribution in [2.75, 3.05) is 6.54 Å². The number of nitrogens with one attached hydrogen (secondary N) is 2. The fraction of sp³-hybridized carbons (Fsp3) is 0.227. The first kappa shape index (κ1) is 20.1. The van der Waals surface area contributed by atoms with E-state index in [1.165, 1.54) is 6.07 Å². The van der Waals surface area contributed by atoms with Crippen molar-refractivity contribution in [2.24, 2.45) is 4.99 Å². The molecular weight excluding hydrogens is 367 g/mol. The summed E-state index contributed by atoms with van der Waals surface area (Å²) in [5.41, 5.74) is 2.79. The highest BCUT2D eigenvalue weighted by Crippen LogP contribution is 2.17. The molecule has 0 saturated heterocycles. The lowest BCUT2D eigenvalue weighted by Gasteiger charge is -2.19. The van der Waals surface area contributed by atoms with Crippen molar-refractivity contribution < 1.29 is 4.39 Å². The lowest BCUT2D eigenvalue weighted by molar-refractivity contribution is 0.609. The van der Waals surface area contributed by atoms with Gasteiger partial charge >= 0.3 is 0 Å². The van der Waals surface area contributed by atoms with Crippen molar-refractivity contribution in [3.63, 3.8) is 0 Å². The molecule has 29 heavy (non-hydrogen) atoms. The van der Waals surface area contributed by atoms with Crippen LogP contribution in [-0.4, -0.2) is 22.3 Å². The van der Waals surface area contributed by atoms with Crippen LogP contribution in [0.5, 0.6) is 0 Å². The van der Waals surface area contributed by atoms with E-state index < -0.39 is 5.82 Å². The number of benzene rings is 2. The molecule has 0 fully saturated rings. The van der Waals surface area contributed by atoms with Gasteiger partial charge in [0.25, 0.3) is 0 Å². The topological polar surface area (TPSA) is 78.0 Å². The number of nitrogens with zero attached hydrogens (tertiary/aromatic N) is 4. The minimum absolute atomic E-state index is 0.0193. The summed E-state index contributed by atoms with van der Waals surface area (Å²) in [5.74, 6) is 0.164. The molecule has 0 spiro atoms. The standard InChI is InChI=1S/C22H23FN6/c1-3-25-22(26-15-19-9-8-17(14-24)12-21(19)23)28-16(2)18-6-4-7-20(13-18)29-11-5-10-27-29/h4-13,16H,3,15H2,1-2H3,(H2,25,26,28). The van der Waals surface area contributed by atoms with Crippen molar-refractivity contribution in [1.29, 1.82) is 5.26 Å². The maximum atomic E-state index is 14.1. The largest absolute Gasteiger partial charge is 0.357 e. The number of hydrogen-bond acceptors (Lipinski definition) is 3. The summed E-state index contributed by atoms with van der Waals surface area (Å²) in [6, 6.07) is 16.3. The van der Waals surface area contributed by atoms with Crippen LogP contribution >= 0.6 is 0 Å². The third kappa shape index (κ3) is 5.20. The maximum absolute atomic E-state index is 14.1. The van der Waals surface area contributed by atoms with Crippen LogP contribution in [0.3, 0.4) is 0 Å². The van der Waals surface area contributed by atoms with Gasteiger partial charge in [-0.1, -0.05) is 18.2 Å². The molecule has 2 aromatic carbocycles. The zero-order valence-electron chi connectivity index (χ0n) is 16.4. The summed E-state index contributed by atoms with van der Waals surface area (Å²) in [7, 11) is 0. The number of aromatic nitrogens is 2. The first-order valence-electron chi connectivity index (χ1n) is 9.44. The van der Waals surface area contributed by atoms with Gasteiger partial charge in [0.2, 0.25) is 0 Å². The van der Waals surface area contributed by atoms with Gasteiger partial charge in [0, 0.05) is 24.5 Å². The summed E-state index contributed by atoms with van der Waals surface area (Å²) in [5, 5.41) is 19.7. The molecule has 1 atom stereocenters. The van der Waals surface area contributed by atoms with Crippen molar-refractivity contribution in [3.8, 4) is 11.8 Å². The van der Waals surface area contributed by atoms with E-state index in [4.69, 9.17) is 5.26 Å². The van der Waals surface area contributed by atoms with E-state index in [2.05, 4.69) is 26.8 Å². The van der Waals surface area contributed by atoms with Crippen LogP contribution in [0.4, 0.5) is 4.39 Å². The Hall–Kier alpha value is -3.66. The highest BCUT2D eigenvalue weighted by atomic mass is 19.1. The van der Waals surface area contributed by atoms with Crippen molar-refractivity contribution in [2.45, 2.75) is 26.4 Å². The normalized spacial score (nSPS) is 12.3. The molecule has 0 aliphatic carbocycles. The van der Waals surface area contributed by atoms with E-state index in [1.807, 2.05) is 55.1 Å². The van der Waals surface area contributed by atoms with Crippen LogP contribution in [0, 0.1) is 17.1 Å². The lowest BCUT2D eigenvalue weighted by Crippen LogP contribution is -2.38. The number of hydrogen-bond donors (Lipinski definition) is 2. The van der Waals surface area contributed by atoms with Gasteiger partial charge in [-0.2, -0.15) is 10.4 Å². The first-order chi connectivity index (χ1) is 14.1. The Balaban J connectivity index is 1.74. The Kier molecular flexibility index (Phi) is 6.59. The smallest absolute Gasteiger partial charge is 0.192 e. The van der Waals surface area contributed by atoms with Crippen molar-refractivity contribution >= 4 is 5.96 Å². The van der Waals surface area contributed by atoms with E-state index in [-0.39, 0.29) is 12.6 Å². The van der Waals surface area contributed by atoms with E-state index >= 15 is 0 Å². The van der Waals surface area contributed by atoms with E-state index in [1.54, 1.807) is 18.3 Å². The van der Waals surface area contributed by atoms with Gasteiger partial charge in [-0.25, -0.2) is 14.1 Å². The molecule has 0 saturated carbocycles. The van der Waals surface area contributed by atoms with Gasteiger partial charge in [-0.05, 0) is 49.7 Å². The van der Waals surface area contributed by atoms with Crippen molar-refractivity contribution in [1.82, 2.24) is 20.4 Å². The summed E-state index contributed by atoms with van der Waals surface area (Å²) in [6.45, 7) is 4.87. The fourth-order valence-electron chi connectivity index (χ4n) is 2.88. The maximum Gasteiger partial charge on any atom is 0.192 e. The number of halogens is 1. The molecule has 1 heterocycles. The molecule has 6 nitrogen and oxygen atoms in total. The fourth-order valence-corrected chi connectivity index (χ4v) is 2.88. The average molecular weight is 390 g/mol. The van der Waals surface area contributed by atoms with Gasteiger partial charge in [-0.3, -0.25) is 0 Å². The van der Waals surface area contributed by atoms with Gasteiger partial charge in [0.15, 0.2) is 5.96 Å².